The molecule has 2 aliphatic heterocycles. The number of aryl methyl sites for hydroxylation is 1. The zero-order chi connectivity index (χ0) is 27.1. The van der Waals surface area contributed by atoms with Crippen LogP contribution in [0.15, 0.2) is 36.4 Å². The van der Waals surface area contributed by atoms with Gasteiger partial charge in [0.1, 0.15) is 5.75 Å². The third-order valence-corrected chi connectivity index (χ3v) is 8.63. The van der Waals surface area contributed by atoms with Crippen molar-refractivity contribution in [3.63, 3.8) is 0 Å². The zero-order valence-corrected chi connectivity index (χ0v) is 24.4. The van der Waals surface area contributed by atoms with Crippen LogP contribution in [0, 0.1) is 0 Å². The number of nitrogens with zero attached hydrogens (tertiary/aromatic N) is 4. The molecular formula is C27H35Cl2N4O4P. The summed E-state index contributed by atoms with van der Waals surface area (Å²) in [5.41, 5.74) is 2.81. The lowest BCUT2D eigenvalue weighted by Crippen LogP contribution is -2.46. The second-order valence-electron chi connectivity index (χ2n) is 9.39. The van der Waals surface area contributed by atoms with E-state index >= 15 is 0 Å². The van der Waals surface area contributed by atoms with Gasteiger partial charge in [0.25, 0.3) is 0 Å². The Morgan fingerprint density at radius 3 is 2.61 bits per heavy atom. The van der Waals surface area contributed by atoms with Crippen molar-refractivity contribution in [3.05, 3.63) is 52.0 Å². The molecule has 0 aliphatic carbocycles. The summed E-state index contributed by atoms with van der Waals surface area (Å²) in [7, 11) is 1.98. The monoisotopic (exact) mass is 580 g/mol. The lowest BCUT2D eigenvalue weighted by molar-refractivity contribution is -0.119. The van der Waals surface area contributed by atoms with Gasteiger partial charge in [0.05, 0.1) is 28.0 Å². The third kappa shape index (κ3) is 7.23. The fourth-order valence-corrected chi connectivity index (χ4v) is 5.30. The molecule has 2 heterocycles. The Kier molecular flexibility index (Phi) is 10.4. The van der Waals surface area contributed by atoms with Gasteiger partial charge in [-0.2, -0.15) is 0 Å². The predicted molar refractivity (Wildman–Crippen MR) is 155 cm³/mol. The van der Waals surface area contributed by atoms with Crippen LogP contribution in [0.2, 0.25) is 10.0 Å². The number of hydrogen-bond acceptors (Lipinski definition) is 6. The first-order valence-electron chi connectivity index (χ1n) is 12.9. The quantitative estimate of drug-likeness (QED) is 0.273. The maximum Gasteiger partial charge on any atom is 0.414 e. The first kappa shape index (κ1) is 28.8. The zero-order valence-electron chi connectivity index (χ0n) is 21.9. The largest absolute Gasteiger partial charge is 0.494 e. The minimum absolute atomic E-state index is 0.0539. The molecule has 0 bridgehead atoms. The molecule has 0 saturated carbocycles. The Hall–Kier alpha value is -2.25. The van der Waals surface area contributed by atoms with Gasteiger partial charge in [0.2, 0.25) is 5.91 Å². The highest BCUT2D eigenvalue weighted by atomic mass is 35.5. The fourth-order valence-electron chi connectivity index (χ4n) is 4.63. The lowest BCUT2D eigenvalue weighted by atomic mass is 10.0. The normalized spacial score (nSPS) is 16.2. The van der Waals surface area contributed by atoms with E-state index in [1.807, 2.05) is 43.1 Å². The van der Waals surface area contributed by atoms with Crippen LogP contribution < -0.4 is 14.5 Å². The molecule has 0 spiro atoms. The number of fused-ring (bicyclic) bond motifs is 1. The molecule has 2 aliphatic rings. The third-order valence-electron chi connectivity index (χ3n) is 6.96. The van der Waals surface area contributed by atoms with Gasteiger partial charge in [-0.3, -0.25) is 19.3 Å². The van der Waals surface area contributed by atoms with Crippen molar-refractivity contribution in [2.75, 3.05) is 69.6 Å². The van der Waals surface area contributed by atoms with Crippen molar-refractivity contribution in [1.82, 2.24) is 9.57 Å². The molecule has 2 amide bonds. The number of amides is 2. The number of anilines is 2. The molecule has 0 N–H and O–H groups in total. The summed E-state index contributed by atoms with van der Waals surface area (Å²) >= 11 is 12.6. The van der Waals surface area contributed by atoms with Crippen LogP contribution in [0.5, 0.6) is 5.75 Å². The van der Waals surface area contributed by atoms with E-state index < -0.39 is 6.09 Å². The number of carbonyl (C=O) groups is 2. The Morgan fingerprint density at radius 2 is 1.84 bits per heavy atom. The molecule has 206 valence electrons. The van der Waals surface area contributed by atoms with E-state index in [4.69, 9.17) is 32.7 Å². The summed E-state index contributed by atoms with van der Waals surface area (Å²) in [4.78, 5) is 30.9. The van der Waals surface area contributed by atoms with Crippen LogP contribution >= 0.6 is 31.9 Å². The SMILES string of the molecule is CPN(C)C(=O)OCN1C(=O)CCc2ccc(OCCCCN3CCN(c4cccc(Cl)c4Cl)CC3)cc21. The number of unbranched alkanes of at least 4 members (excludes halogenated alkanes) is 1. The van der Waals surface area contributed by atoms with E-state index in [0.717, 1.165) is 62.5 Å². The molecular weight excluding hydrogens is 546 g/mol. The van der Waals surface area contributed by atoms with Crippen LogP contribution in [0.3, 0.4) is 0 Å². The number of hydrogen-bond donors (Lipinski definition) is 0. The van der Waals surface area contributed by atoms with Crippen molar-refractivity contribution in [3.8, 4) is 5.75 Å². The van der Waals surface area contributed by atoms with Crippen LogP contribution in [0.1, 0.15) is 24.8 Å². The average Bonchev–Trinajstić information content (AvgIpc) is 2.93. The maximum absolute atomic E-state index is 12.6. The fraction of sp³-hybridized carbons (Fsp3) is 0.481. The number of rotatable bonds is 10. The van der Waals surface area contributed by atoms with E-state index in [1.54, 1.807) is 7.05 Å². The minimum atomic E-state index is -0.437. The summed E-state index contributed by atoms with van der Waals surface area (Å²) in [6, 6.07) is 11.6. The van der Waals surface area contributed by atoms with Gasteiger partial charge in [-0.1, -0.05) is 35.3 Å². The molecule has 2 aromatic carbocycles. The first-order valence-corrected chi connectivity index (χ1v) is 15.1. The molecule has 0 aromatic heterocycles. The molecule has 8 nitrogen and oxygen atoms in total. The molecule has 1 fully saturated rings. The summed E-state index contributed by atoms with van der Waals surface area (Å²) in [6.45, 7) is 7.23. The molecule has 38 heavy (non-hydrogen) atoms. The van der Waals surface area contributed by atoms with Gasteiger partial charge in [-0.25, -0.2) is 4.79 Å². The van der Waals surface area contributed by atoms with Crippen LogP contribution in [0.4, 0.5) is 16.2 Å². The predicted octanol–water partition coefficient (Wildman–Crippen LogP) is 5.50. The van der Waals surface area contributed by atoms with Crippen molar-refractivity contribution in [2.24, 2.45) is 0 Å². The van der Waals surface area contributed by atoms with Crippen molar-refractivity contribution in [2.45, 2.75) is 25.7 Å². The maximum atomic E-state index is 12.6. The lowest BCUT2D eigenvalue weighted by Gasteiger charge is -2.36. The van der Waals surface area contributed by atoms with E-state index in [2.05, 4.69) is 9.80 Å². The number of benzene rings is 2. The molecule has 0 radical (unpaired) electrons. The van der Waals surface area contributed by atoms with Gasteiger partial charge < -0.3 is 14.4 Å². The van der Waals surface area contributed by atoms with Gasteiger partial charge in [-0.05, 0) is 65.0 Å². The molecule has 1 atom stereocenters. The summed E-state index contributed by atoms with van der Waals surface area (Å²) in [6.07, 6.45) is 2.60. The van der Waals surface area contributed by atoms with Crippen molar-refractivity contribution in [1.29, 1.82) is 0 Å². The molecule has 2 aromatic rings. The van der Waals surface area contributed by atoms with E-state index in [1.165, 1.54) is 9.57 Å². The summed E-state index contributed by atoms with van der Waals surface area (Å²) in [5, 5.41) is 1.22. The molecule has 11 heteroatoms. The highest BCUT2D eigenvalue weighted by Gasteiger charge is 2.26. The Labute approximate surface area is 236 Å². The average molecular weight is 581 g/mol. The van der Waals surface area contributed by atoms with Crippen LogP contribution in [-0.4, -0.2) is 81.3 Å². The van der Waals surface area contributed by atoms with E-state index in [0.29, 0.717) is 44.0 Å². The van der Waals surface area contributed by atoms with Crippen LogP contribution in [-0.2, 0) is 16.0 Å². The van der Waals surface area contributed by atoms with Crippen molar-refractivity contribution < 1.29 is 19.1 Å². The van der Waals surface area contributed by atoms with Crippen LogP contribution in [0.25, 0.3) is 0 Å². The Morgan fingerprint density at radius 1 is 1.05 bits per heavy atom. The summed E-state index contributed by atoms with van der Waals surface area (Å²) < 4.78 is 12.9. The molecule has 4 rings (SSSR count). The van der Waals surface area contributed by atoms with Gasteiger partial charge in [0, 0.05) is 45.7 Å². The Balaban J connectivity index is 1.21. The van der Waals surface area contributed by atoms with E-state index in [9.17, 15) is 9.59 Å². The van der Waals surface area contributed by atoms with Gasteiger partial charge >= 0.3 is 6.09 Å². The van der Waals surface area contributed by atoms with E-state index in [-0.39, 0.29) is 12.6 Å². The highest BCUT2D eigenvalue weighted by Crippen LogP contribution is 2.33. The number of carbonyl (C=O) groups excluding carboxylic acids is 2. The second kappa shape index (κ2) is 13.7. The van der Waals surface area contributed by atoms with Gasteiger partial charge in [0.15, 0.2) is 6.73 Å². The van der Waals surface area contributed by atoms with Crippen molar-refractivity contribution >= 4 is 55.3 Å². The van der Waals surface area contributed by atoms with Gasteiger partial charge in [-0.15, -0.1) is 0 Å². The highest BCUT2D eigenvalue weighted by molar-refractivity contribution is 7.35. The number of ether oxygens (including phenoxy) is 2. The summed E-state index contributed by atoms with van der Waals surface area (Å²) in [5.74, 6) is 0.663. The standard InChI is InChI=1S/C27H35Cl2N4O4P/c1-30(38-2)27(35)37-19-33-24-18-21(10-8-20(24)9-11-25(33)34)36-17-4-3-12-31-13-15-32(16-14-31)23-7-5-6-22(28)26(23)29/h5-8,10,18,38H,3-4,9,11-17,19H2,1-2H3. The Bertz CT molecular complexity index is 1130. The number of piperazine rings is 1. The second-order valence-corrected chi connectivity index (χ2v) is 11.3. The first-order chi connectivity index (χ1) is 18.4. The molecule has 1 unspecified atom stereocenters. The number of halogens is 2. The minimum Gasteiger partial charge on any atom is -0.494 e. The smallest absolute Gasteiger partial charge is 0.414 e. The molecule has 1 saturated heterocycles. The topological polar surface area (TPSA) is 65.6 Å².